The van der Waals surface area contributed by atoms with E-state index in [1.165, 1.54) is 0 Å². The van der Waals surface area contributed by atoms with Crippen LogP contribution in [-0.4, -0.2) is 43.7 Å². The largest absolute Gasteiger partial charge is 0.349 e. The fourth-order valence-electron chi connectivity index (χ4n) is 4.29. The van der Waals surface area contributed by atoms with Crippen molar-refractivity contribution in [1.82, 2.24) is 30.0 Å². The van der Waals surface area contributed by atoms with Gasteiger partial charge in [-0.25, -0.2) is 4.98 Å². The molecular weight excluding hydrogens is 356 g/mol. The lowest BCUT2D eigenvalue weighted by atomic mass is 9.91. The van der Waals surface area contributed by atoms with Gasteiger partial charge in [0.25, 0.3) is 11.8 Å². The van der Waals surface area contributed by atoms with Gasteiger partial charge in [0.05, 0.1) is 6.54 Å². The number of carbonyl (C=O) groups excluding carboxylic acids is 2. The molecule has 2 amide bonds. The van der Waals surface area contributed by atoms with Gasteiger partial charge in [0, 0.05) is 42.5 Å². The summed E-state index contributed by atoms with van der Waals surface area (Å²) in [4.78, 5) is 28.9. The number of fused-ring (bicyclic) bond motifs is 2. The molecule has 2 aliphatic rings. The number of rotatable bonds is 3. The summed E-state index contributed by atoms with van der Waals surface area (Å²) in [6.45, 7) is 1.14. The molecule has 0 spiro atoms. The third-order valence-corrected chi connectivity index (χ3v) is 5.76. The number of nitrogens with zero attached hydrogens (tertiary/aromatic N) is 4. The summed E-state index contributed by atoms with van der Waals surface area (Å²) < 4.78 is 3.87. The van der Waals surface area contributed by atoms with Crippen molar-refractivity contribution in [3.8, 4) is 0 Å². The first-order valence-corrected chi connectivity index (χ1v) is 9.77. The van der Waals surface area contributed by atoms with Gasteiger partial charge in [-0.05, 0) is 43.9 Å². The van der Waals surface area contributed by atoms with E-state index in [0.717, 1.165) is 36.7 Å². The molecule has 28 heavy (non-hydrogen) atoms. The molecule has 3 aromatic heterocycles. The van der Waals surface area contributed by atoms with E-state index >= 15 is 0 Å². The molecule has 0 aromatic carbocycles. The Bertz CT molecular complexity index is 1040. The molecule has 0 bridgehead atoms. The molecule has 0 radical (unpaired) electrons. The Hall–Kier alpha value is -3.16. The average molecular weight is 378 g/mol. The summed E-state index contributed by atoms with van der Waals surface area (Å²) in [5.74, 6) is -0.378. The Labute approximate surface area is 161 Å². The Morgan fingerprint density at radius 3 is 2.89 bits per heavy atom. The highest BCUT2D eigenvalue weighted by atomic mass is 16.2. The van der Waals surface area contributed by atoms with Gasteiger partial charge in [-0.1, -0.05) is 0 Å². The standard InChI is InChI=1S/C20H22N6O2/c27-19(16-12-17-20(28)22-9-11-26(17)24-16)23-14-3-5-15(6-4-14)25-10-7-13-2-1-8-21-18(13)25/h1-2,7-8,10,12,14-15H,3-6,9,11H2,(H,22,28)(H,23,27). The molecule has 0 atom stereocenters. The van der Waals surface area contributed by atoms with Crippen molar-refractivity contribution in [3.05, 3.63) is 48.0 Å². The van der Waals surface area contributed by atoms with E-state index in [0.29, 0.717) is 30.5 Å². The molecule has 2 N–H and O–H groups in total. The first-order chi connectivity index (χ1) is 13.7. The van der Waals surface area contributed by atoms with Crippen LogP contribution in [0.4, 0.5) is 0 Å². The quantitative estimate of drug-likeness (QED) is 0.728. The van der Waals surface area contributed by atoms with Gasteiger partial charge in [-0.15, -0.1) is 0 Å². The smallest absolute Gasteiger partial charge is 0.272 e. The minimum Gasteiger partial charge on any atom is -0.349 e. The van der Waals surface area contributed by atoms with Crippen LogP contribution in [0.2, 0.25) is 0 Å². The number of carbonyl (C=O) groups is 2. The Balaban J connectivity index is 1.23. The monoisotopic (exact) mass is 378 g/mol. The molecule has 8 heteroatoms. The lowest BCUT2D eigenvalue weighted by Gasteiger charge is -2.30. The SMILES string of the molecule is O=C(NC1CCC(n2ccc3cccnc32)CC1)c1cc2n(n1)CCNC2=O. The summed E-state index contributed by atoms with van der Waals surface area (Å²) in [5, 5.41) is 11.3. The highest BCUT2D eigenvalue weighted by Crippen LogP contribution is 2.31. The highest BCUT2D eigenvalue weighted by molar-refractivity contribution is 5.98. The zero-order valence-corrected chi connectivity index (χ0v) is 15.5. The Morgan fingerprint density at radius 1 is 1.21 bits per heavy atom. The molecule has 0 saturated heterocycles. The van der Waals surface area contributed by atoms with Gasteiger partial charge in [0.2, 0.25) is 0 Å². The minimum absolute atomic E-state index is 0.131. The molecule has 1 fully saturated rings. The summed E-state index contributed by atoms with van der Waals surface area (Å²) >= 11 is 0. The second-order valence-electron chi connectivity index (χ2n) is 7.51. The van der Waals surface area contributed by atoms with Crippen LogP contribution in [0.15, 0.2) is 36.7 Å². The third-order valence-electron chi connectivity index (χ3n) is 5.76. The molecular formula is C20H22N6O2. The van der Waals surface area contributed by atoms with Gasteiger partial charge in [0.15, 0.2) is 5.69 Å². The molecule has 3 aromatic rings. The maximum absolute atomic E-state index is 12.6. The Morgan fingerprint density at radius 2 is 2.07 bits per heavy atom. The highest BCUT2D eigenvalue weighted by Gasteiger charge is 2.27. The molecule has 0 unspecified atom stereocenters. The number of nitrogens with one attached hydrogen (secondary N) is 2. The fraction of sp³-hybridized carbons (Fsp3) is 0.400. The van der Waals surface area contributed by atoms with E-state index in [1.54, 1.807) is 10.7 Å². The van der Waals surface area contributed by atoms with Crippen molar-refractivity contribution in [2.75, 3.05) is 6.54 Å². The second-order valence-corrected chi connectivity index (χ2v) is 7.51. The van der Waals surface area contributed by atoms with E-state index in [4.69, 9.17) is 0 Å². The molecule has 144 valence electrons. The molecule has 4 heterocycles. The summed E-state index contributed by atoms with van der Waals surface area (Å²) in [5.41, 5.74) is 1.79. The van der Waals surface area contributed by atoms with E-state index in [1.807, 2.05) is 12.3 Å². The molecule has 1 aliphatic carbocycles. The van der Waals surface area contributed by atoms with Crippen molar-refractivity contribution in [1.29, 1.82) is 0 Å². The van der Waals surface area contributed by atoms with Crippen LogP contribution >= 0.6 is 0 Å². The summed E-state index contributed by atoms with van der Waals surface area (Å²) in [6.07, 6.45) is 7.76. The first-order valence-electron chi connectivity index (χ1n) is 9.77. The lowest BCUT2D eigenvalue weighted by Crippen LogP contribution is -2.38. The first kappa shape index (κ1) is 17.0. The number of pyridine rings is 1. The van der Waals surface area contributed by atoms with E-state index < -0.39 is 0 Å². The van der Waals surface area contributed by atoms with Gasteiger partial charge in [0.1, 0.15) is 11.3 Å². The zero-order valence-electron chi connectivity index (χ0n) is 15.5. The van der Waals surface area contributed by atoms with Crippen LogP contribution in [0.3, 0.4) is 0 Å². The normalized spacial score (nSPS) is 21.9. The van der Waals surface area contributed by atoms with E-state index in [-0.39, 0.29) is 17.9 Å². The van der Waals surface area contributed by atoms with Crippen LogP contribution in [-0.2, 0) is 6.54 Å². The van der Waals surface area contributed by atoms with Gasteiger partial charge < -0.3 is 15.2 Å². The number of hydrogen-bond acceptors (Lipinski definition) is 4. The van der Waals surface area contributed by atoms with Crippen LogP contribution in [0.5, 0.6) is 0 Å². The van der Waals surface area contributed by atoms with Crippen molar-refractivity contribution >= 4 is 22.8 Å². The Kier molecular flexibility index (Phi) is 4.11. The molecule has 1 aliphatic heterocycles. The molecule has 5 rings (SSSR count). The van der Waals surface area contributed by atoms with Crippen molar-refractivity contribution in [3.63, 3.8) is 0 Å². The number of aromatic nitrogens is 4. The van der Waals surface area contributed by atoms with Crippen LogP contribution in [0.1, 0.15) is 52.7 Å². The van der Waals surface area contributed by atoms with Crippen LogP contribution < -0.4 is 10.6 Å². The summed E-state index contributed by atoms with van der Waals surface area (Å²) in [6, 6.07) is 8.25. The van der Waals surface area contributed by atoms with Crippen molar-refractivity contribution < 1.29 is 9.59 Å². The maximum Gasteiger partial charge on any atom is 0.272 e. The van der Waals surface area contributed by atoms with Gasteiger partial charge in [-0.3, -0.25) is 14.3 Å². The topological polar surface area (TPSA) is 93.8 Å². The number of amides is 2. The van der Waals surface area contributed by atoms with Gasteiger partial charge >= 0.3 is 0 Å². The summed E-state index contributed by atoms with van der Waals surface area (Å²) in [7, 11) is 0. The van der Waals surface area contributed by atoms with Crippen molar-refractivity contribution in [2.24, 2.45) is 0 Å². The van der Waals surface area contributed by atoms with Crippen molar-refractivity contribution in [2.45, 2.75) is 44.3 Å². The molecule has 8 nitrogen and oxygen atoms in total. The minimum atomic E-state index is -0.203. The van der Waals surface area contributed by atoms with E-state index in [2.05, 4.69) is 43.6 Å². The maximum atomic E-state index is 12.6. The fourth-order valence-corrected chi connectivity index (χ4v) is 4.29. The number of hydrogen-bond donors (Lipinski definition) is 2. The molecule has 1 saturated carbocycles. The third kappa shape index (κ3) is 2.94. The van der Waals surface area contributed by atoms with E-state index in [9.17, 15) is 9.59 Å². The zero-order chi connectivity index (χ0) is 19.1. The van der Waals surface area contributed by atoms with Crippen LogP contribution in [0, 0.1) is 0 Å². The second kappa shape index (κ2) is 6.78. The lowest BCUT2D eigenvalue weighted by molar-refractivity contribution is 0.0909. The predicted molar refractivity (Wildman–Crippen MR) is 103 cm³/mol. The van der Waals surface area contributed by atoms with Gasteiger partial charge in [-0.2, -0.15) is 5.10 Å². The predicted octanol–water partition coefficient (Wildman–Crippen LogP) is 1.89. The van der Waals surface area contributed by atoms with Crippen LogP contribution in [0.25, 0.3) is 11.0 Å². The average Bonchev–Trinajstić information content (AvgIpc) is 3.34.